The van der Waals surface area contributed by atoms with Crippen LogP contribution in [0.4, 0.5) is 0 Å². The zero-order valence-corrected chi connectivity index (χ0v) is 29.2. The van der Waals surface area contributed by atoms with Crippen LogP contribution in [0.25, 0.3) is 49.7 Å². The molecule has 4 heteroatoms. The number of fused-ring (bicyclic) bond motifs is 6. The molecule has 2 heterocycles. The van der Waals surface area contributed by atoms with Gasteiger partial charge in [-0.15, -0.1) is 0 Å². The molecule has 1 aliphatic carbocycles. The van der Waals surface area contributed by atoms with Gasteiger partial charge in [0.2, 0.25) is 0 Å². The second-order valence-corrected chi connectivity index (χ2v) is 14.5. The van der Waals surface area contributed by atoms with Crippen molar-refractivity contribution in [2.75, 3.05) is 0 Å². The third-order valence-corrected chi connectivity index (χ3v) is 11.1. The van der Waals surface area contributed by atoms with Gasteiger partial charge in [0.15, 0.2) is 0 Å². The van der Waals surface area contributed by atoms with E-state index >= 15 is 0 Å². The van der Waals surface area contributed by atoms with Gasteiger partial charge in [0, 0.05) is 27.4 Å². The van der Waals surface area contributed by atoms with Crippen LogP contribution in [-0.4, -0.2) is 10.4 Å². The average molecular weight is 671 g/mol. The van der Waals surface area contributed by atoms with Gasteiger partial charge in [0.25, 0.3) is 0 Å². The van der Waals surface area contributed by atoms with Crippen molar-refractivity contribution in [1.82, 2.24) is 15.2 Å². The minimum absolute atomic E-state index is 0.0815. The van der Waals surface area contributed by atoms with E-state index < -0.39 is 0 Å². The summed E-state index contributed by atoms with van der Waals surface area (Å²) in [5.74, 6) is 0.866. The molecular weight excluding hydrogens is 633 g/mol. The first-order valence-electron chi connectivity index (χ1n) is 18.1. The summed E-state index contributed by atoms with van der Waals surface area (Å²) in [6, 6.07) is 61.3. The Morgan fingerprint density at radius 3 is 1.98 bits per heavy atom. The van der Waals surface area contributed by atoms with Gasteiger partial charge in [0.1, 0.15) is 18.2 Å². The van der Waals surface area contributed by atoms with Crippen LogP contribution in [0.5, 0.6) is 0 Å². The zero-order chi connectivity index (χ0) is 34.8. The number of nitrogens with one attached hydrogen (secondary N) is 2. The monoisotopic (exact) mass is 670 g/mol. The van der Waals surface area contributed by atoms with E-state index in [1.54, 1.807) is 0 Å². The van der Waals surface area contributed by atoms with Crippen molar-refractivity contribution in [3.8, 4) is 27.9 Å². The Kier molecular flexibility index (Phi) is 7.02. The van der Waals surface area contributed by atoms with Crippen molar-refractivity contribution in [3.05, 3.63) is 198 Å². The summed E-state index contributed by atoms with van der Waals surface area (Å²) in [4.78, 5) is 5.27. The van der Waals surface area contributed by atoms with Gasteiger partial charge in [-0.1, -0.05) is 153 Å². The molecule has 0 radical (unpaired) electrons. The number of aromatic nitrogens is 1. The van der Waals surface area contributed by atoms with E-state index in [2.05, 4.69) is 199 Å². The van der Waals surface area contributed by atoms with Crippen molar-refractivity contribution < 1.29 is 0 Å². The van der Waals surface area contributed by atoms with Crippen molar-refractivity contribution in [2.45, 2.75) is 31.6 Å². The fourth-order valence-electron chi connectivity index (χ4n) is 8.42. The van der Waals surface area contributed by atoms with Gasteiger partial charge in [-0.05, 0) is 74.8 Å². The lowest BCUT2D eigenvalue weighted by atomic mass is 9.82. The van der Waals surface area contributed by atoms with Crippen LogP contribution in [-0.2, 0) is 5.41 Å². The van der Waals surface area contributed by atoms with Gasteiger partial charge in [-0.3, -0.25) is 5.32 Å². The highest BCUT2D eigenvalue weighted by Gasteiger charge is 2.36. The van der Waals surface area contributed by atoms with Gasteiger partial charge in [-0.2, -0.15) is 0 Å². The summed E-state index contributed by atoms with van der Waals surface area (Å²) in [5, 5.41) is 10.00. The van der Waals surface area contributed by atoms with E-state index in [0.717, 1.165) is 22.6 Å². The molecule has 0 amide bonds. The van der Waals surface area contributed by atoms with E-state index in [0.29, 0.717) is 0 Å². The molecule has 4 nitrogen and oxygen atoms in total. The third-order valence-electron chi connectivity index (χ3n) is 11.1. The van der Waals surface area contributed by atoms with Crippen molar-refractivity contribution in [2.24, 2.45) is 4.99 Å². The van der Waals surface area contributed by atoms with Gasteiger partial charge in [-0.25, -0.2) is 4.99 Å². The molecule has 1 aromatic heterocycles. The van der Waals surface area contributed by atoms with Crippen LogP contribution in [0.3, 0.4) is 0 Å². The Balaban J connectivity index is 1.18. The molecule has 0 fully saturated rings. The maximum Gasteiger partial charge on any atom is 0.131 e. The number of hydrogen-bond donors (Lipinski definition) is 2. The lowest BCUT2D eigenvalue weighted by Crippen LogP contribution is -2.44. The molecule has 8 aromatic rings. The molecule has 2 N–H and O–H groups in total. The number of aliphatic imine (C=N–C) groups is 1. The topological polar surface area (TPSA) is 41.4 Å². The Bertz CT molecular complexity index is 2650. The minimum atomic E-state index is -0.195. The lowest BCUT2D eigenvalue weighted by Gasteiger charge is -2.32. The highest BCUT2D eigenvalue weighted by atomic mass is 15.3. The molecule has 0 saturated heterocycles. The Morgan fingerprint density at radius 2 is 1.19 bits per heavy atom. The number of nitrogens with zero attached hydrogens (tertiary/aromatic N) is 2. The summed E-state index contributed by atoms with van der Waals surface area (Å²) < 4.78 is 2.46. The standard InChI is InChI=1S/C48H38N4/c1-48(2)41-24-13-12-23-37(41)39-30-44-40(29-42(39)48)38-26-25-34(31-15-6-3-7-16-31)28-43(38)52(44)36-22-14-21-35(27-36)47-50-45(32-17-8-4-9-18-32)49-46(51-47)33-19-10-5-11-20-33/h3-30,45-46,49H,1-2H3,(H,50,51). The van der Waals surface area contributed by atoms with Crippen LogP contribution < -0.4 is 10.6 Å². The van der Waals surface area contributed by atoms with E-state index in [9.17, 15) is 0 Å². The number of hydrogen-bond acceptors (Lipinski definition) is 3. The molecule has 2 unspecified atom stereocenters. The second-order valence-electron chi connectivity index (χ2n) is 14.5. The molecule has 0 spiro atoms. The highest BCUT2D eigenvalue weighted by Crippen LogP contribution is 2.51. The molecule has 0 saturated carbocycles. The zero-order valence-electron chi connectivity index (χ0n) is 29.2. The van der Waals surface area contributed by atoms with Crippen molar-refractivity contribution in [1.29, 1.82) is 0 Å². The number of benzene rings is 7. The maximum absolute atomic E-state index is 5.27. The number of rotatable bonds is 5. The molecule has 52 heavy (non-hydrogen) atoms. The fourth-order valence-corrected chi connectivity index (χ4v) is 8.42. The Hall–Kier alpha value is -6.23. The minimum Gasteiger partial charge on any atom is -0.350 e. The van der Waals surface area contributed by atoms with E-state index in [4.69, 9.17) is 4.99 Å². The molecule has 250 valence electrons. The summed E-state index contributed by atoms with van der Waals surface area (Å²) in [7, 11) is 0. The third kappa shape index (κ3) is 4.90. The Labute approximate surface area is 304 Å². The fraction of sp³-hybridized carbons (Fsp3) is 0.104. The van der Waals surface area contributed by atoms with E-state index in [1.807, 2.05) is 0 Å². The molecule has 0 bridgehead atoms. The lowest BCUT2D eigenvalue weighted by molar-refractivity contribution is 0.409. The smallest absolute Gasteiger partial charge is 0.131 e. The van der Waals surface area contributed by atoms with Crippen LogP contribution in [0.1, 0.15) is 54.0 Å². The van der Waals surface area contributed by atoms with Gasteiger partial charge < -0.3 is 9.88 Å². The van der Waals surface area contributed by atoms with Crippen molar-refractivity contribution >= 4 is 27.6 Å². The quantitative estimate of drug-likeness (QED) is 0.191. The molecule has 2 atom stereocenters. The molecule has 10 rings (SSSR count). The average Bonchev–Trinajstić information content (AvgIpc) is 3.65. The second kappa shape index (κ2) is 11.9. The molecule has 7 aromatic carbocycles. The van der Waals surface area contributed by atoms with Gasteiger partial charge >= 0.3 is 0 Å². The van der Waals surface area contributed by atoms with E-state index in [1.165, 1.54) is 60.8 Å². The van der Waals surface area contributed by atoms with Crippen LogP contribution in [0.2, 0.25) is 0 Å². The summed E-state index contributed by atoms with van der Waals surface area (Å²) in [6.45, 7) is 4.72. The normalized spacial score (nSPS) is 17.4. The molecule has 1 aliphatic heterocycles. The number of amidine groups is 1. The molecule has 2 aliphatic rings. The summed E-state index contributed by atoms with van der Waals surface area (Å²) in [5.41, 5.74) is 14.6. The van der Waals surface area contributed by atoms with Crippen LogP contribution >= 0.6 is 0 Å². The van der Waals surface area contributed by atoms with Crippen LogP contribution in [0.15, 0.2) is 175 Å². The van der Waals surface area contributed by atoms with Crippen molar-refractivity contribution in [3.63, 3.8) is 0 Å². The summed E-state index contributed by atoms with van der Waals surface area (Å²) in [6.07, 6.45) is -0.297. The maximum atomic E-state index is 5.27. The Morgan fingerprint density at radius 1 is 0.519 bits per heavy atom. The first kappa shape index (κ1) is 30.6. The largest absolute Gasteiger partial charge is 0.350 e. The van der Waals surface area contributed by atoms with E-state index in [-0.39, 0.29) is 17.7 Å². The predicted octanol–water partition coefficient (Wildman–Crippen LogP) is 11.1. The SMILES string of the molecule is CC1(C)c2ccccc2-c2cc3c(cc21)c1ccc(-c2ccccc2)cc1n3-c1cccc(C2=NC(c3ccccc3)NC(c3ccccc3)N2)c1. The highest BCUT2D eigenvalue weighted by molar-refractivity contribution is 6.12. The first-order chi connectivity index (χ1) is 25.5. The molecular formula is C48H38N4. The summed E-state index contributed by atoms with van der Waals surface area (Å²) >= 11 is 0. The van der Waals surface area contributed by atoms with Gasteiger partial charge in [0.05, 0.1) is 11.0 Å². The first-order valence-corrected chi connectivity index (χ1v) is 18.1. The predicted molar refractivity (Wildman–Crippen MR) is 215 cm³/mol. The van der Waals surface area contributed by atoms with Crippen LogP contribution in [0, 0.1) is 0 Å².